The Balaban J connectivity index is 1.68. The van der Waals surface area contributed by atoms with E-state index in [9.17, 15) is 0 Å². The van der Waals surface area contributed by atoms with Crippen LogP contribution in [0.25, 0.3) is 0 Å². The van der Waals surface area contributed by atoms with E-state index in [0.717, 1.165) is 31.2 Å². The molecule has 0 saturated carbocycles. The first-order chi connectivity index (χ1) is 9.26. The Morgan fingerprint density at radius 2 is 2.11 bits per heavy atom. The number of aryl methyl sites for hydroxylation is 1. The predicted molar refractivity (Wildman–Crippen MR) is 80.5 cm³/mol. The first kappa shape index (κ1) is 13.5. The van der Waals surface area contributed by atoms with Crippen molar-refractivity contribution >= 4 is 11.3 Å². The van der Waals surface area contributed by atoms with E-state index in [1.807, 2.05) is 11.3 Å². The second kappa shape index (κ2) is 5.90. The normalized spacial score (nSPS) is 31.6. The van der Waals surface area contributed by atoms with E-state index in [1.165, 1.54) is 42.8 Å². The highest BCUT2D eigenvalue weighted by atomic mass is 32.1. The summed E-state index contributed by atoms with van der Waals surface area (Å²) in [5, 5.41) is 7.14. The van der Waals surface area contributed by atoms with Crippen molar-refractivity contribution in [1.29, 1.82) is 0 Å². The van der Waals surface area contributed by atoms with E-state index in [4.69, 9.17) is 0 Å². The van der Waals surface area contributed by atoms with Gasteiger partial charge in [-0.15, -0.1) is 11.3 Å². The highest BCUT2D eigenvalue weighted by molar-refractivity contribution is 7.09. The molecule has 2 bridgehead atoms. The number of fused-ring (bicyclic) bond motifs is 2. The first-order valence-corrected chi connectivity index (χ1v) is 8.54. The number of nitrogens with one attached hydrogen (secondary N) is 1. The smallest absolute Gasteiger partial charge is 0.107 e. The van der Waals surface area contributed by atoms with Gasteiger partial charge >= 0.3 is 0 Å². The molecule has 2 atom stereocenters. The fraction of sp³-hybridized carbons (Fsp3) is 0.800. The zero-order valence-electron chi connectivity index (χ0n) is 12.1. The summed E-state index contributed by atoms with van der Waals surface area (Å²) in [5.74, 6) is 0. The molecule has 1 aromatic heterocycles. The second-order valence-electron chi connectivity index (χ2n) is 6.02. The quantitative estimate of drug-likeness (QED) is 0.918. The molecular weight excluding hydrogens is 254 g/mol. The van der Waals surface area contributed by atoms with E-state index in [1.54, 1.807) is 0 Å². The van der Waals surface area contributed by atoms with Crippen LogP contribution in [0.1, 0.15) is 49.7 Å². The topological polar surface area (TPSA) is 28.2 Å². The van der Waals surface area contributed by atoms with Crippen LogP contribution in [0.3, 0.4) is 0 Å². The van der Waals surface area contributed by atoms with E-state index in [2.05, 4.69) is 34.4 Å². The third kappa shape index (κ3) is 3.01. The molecule has 2 unspecified atom stereocenters. The van der Waals surface area contributed by atoms with Crippen LogP contribution >= 0.6 is 11.3 Å². The van der Waals surface area contributed by atoms with E-state index < -0.39 is 0 Å². The number of hydrogen-bond donors (Lipinski definition) is 1. The van der Waals surface area contributed by atoms with Gasteiger partial charge in [0.1, 0.15) is 5.01 Å². The maximum atomic E-state index is 4.65. The highest BCUT2D eigenvalue weighted by Gasteiger charge is 2.38. The van der Waals surface area contributed by atoms with Crippen molar-refractivity contribution in [2.45, 2.75) is 70.6 Å². The highest BCUT2D eigenvalue weighted by Crippen LogP contribution is 2.35. The van der Waals surface area contributed by atoms with Crippen LogP contribution in [0.4, 0.5) is 0 Å². The number of thiazole rings is 1. The zero-order chi connectivity index (χ0) is 13.2. The molecule has 2 saturated heterocycles. The van der Waals surface area contributed by atoms with Crippen LogP contribution in [-0.4, -0.2) is 34.6 Å². The van der Waals surface area contributed by atoms with Crippen molar-refractivity contribution in [3.63, 3.8) is 0 Å². The molecule has 3 nitrogen and oxygen atoms in total. The molecule has 2 aliphatic heterocycles. The maximum Gasteiger partial charge on any atom is 0.107 e. The van der Waals surface area contributed by atoms with Gasteiger partial charge in [-0.05, 0) is 39.2 Å². The minimum absolute atomic E-state index is 0.745. The molecule has 2 fully saturated rings. The Bertz CT molecular complexity index is 403. The van der Waals surface area contributed by atoms with Crippen LogP contribution in [-0.2, 0) is 6.54 Å². The minimum Gasteiger partial charge on any atom is -0.314 e. The molecule has 106 valence electrons. The van der Waals surface area contributed by atoms with E-state index in [-0.39, 0.29) is 0 Å². The molecule has 0 spiro atoms. The van der Waals surface area contributed by atoms with Gasteiger partial charge in [0.05, 0.1) is 6.54 Å². The van der Waals surface area contributed by atoms with Crippen LogP contribution in [0.2, 0.25) is 0 Å². The van der Waals surface area contributed by atoms with Gasteiger partial charge < -0.3 is 5.32 Å². The number of aromatic nitrogens is 1. The molecule has 0 aromatic carbocycles. The number of hydrogen-bond acceptors (Lipinski definition) is 4. The summed E-state index contributed by atoms with van der Waals surface area (Å²) >= 11 is 1.82. The maximum absolute atomic E-state index is 4.65. The van der Waals surface area contributed by atoms with E-state index >= 15 is 0 Å². The fourth-order valence-electron chi connectivity index (χ4n) is 3.82. The molecule has 3 rings (SSSR count). The zero-order valence-corrected chi connectivity index (χ0v) is 12.9. The summed E-state index contributed by atoms with van der Waals surface area (Å²) in [4.78, 5) is 7.39. The average Bonchev–Trinajstić information content (AvgIpc) is 2.76. The van der Waals surface area contributed by atoms with Gasteiger partial charge in [-0.1, -0.05) is 13.3 Å². The molecule has 4 heteroatoms. The molecule has 1 N–H and O–H groups in total. The molecule has 2 aliphatic rings. The predicted octanol–water partition coefficient (Wildman–Crippen LogP) is 2.95. The van der Waals surface area contributed by atoms with Gasteiger partial charge in [0.25, 0.3) is 0 Å². The van der Waals surface area contributed by atoms with Gasteiger partial charge in [-0.3, -0.25) is 4.90 Å². The minimum atomic E-state index is 0.745. The van der Waals surface area contributed by atoms with Crippen molar-refractivity contribution in [3.05, 3.63) is 16.1 Å². The van der Waals surface area contributed by atoms with Crippen LogP contribution in [0, 0.1) is 6.92 Å². The molecule has 0 radical (unpaired) electrons. The average molecular weight is 279 g/mol. The van der Waals surface area contributed by atoms with Crippen molar-refractivity contribution in [3.8, 4) is 0 Å². The van der Waals surface area contributed by atoms with Crippen molar-refractivity contribution in [2.75, 3.05) is 6.54 Å². The summed E-state index contributed by atoms with van der Waals surface area (Å²) in [6.45, 7) is 6.50. The van der Waals surface area contributed by atoms with Crippen molar-refractivity contribution < 1.29 is 0 Å². The lowest BCUT2D eigenvalue weighted by molar-refractivity contribution is 0.0179. The lowest BCUT2D eigenvalue weighted by Gasteiger charge is -2.48. The molecule has 0 amide bonds. The lowest BCUT2D eigenvalue weighted by atomic mass is 9.82. The third-order valence-corrected chi connectivity index (χ3v) is 5.55. The standard InChI is InChI=1S/C15H25N3S/c1-3-16-12-7-13-5-4-6-14(8-12)18(13)9-15-17-11(2)10-19-15/h10,12-14,16H,3-9H2,1-2H3. The SMILES string of the molecule is CCNC1CC2CCCC(C1)N2Cc1nc(C)cs1. The monoisotopic (exact) mass is 279 g/mol. The van der Waals surface area contributed by atoms with Crippen molar-refractivity contribution in [1.82, 2.24) is 15.2 Å². The number of rotatable bonds is 4. The van der Waals surface area contributed by atoms with Gasteiger partial charge in [-0.25, -0.2) is 4.98 Å². The number of nitrogens with zero attached hydrogens (tertiary/aromatic N) is 2. The third-order valence-electron chi connectivity index (χ3n) is 4.60. The Kier molecular flexibility index (Phi) is 4.20. The Morgan fingerprint density at radius 3 is 2.68 bits per heavy atom. The summed E-state index contributed by atoms with van der Waals surface area (Å²) in [5.41, 5.74) is 1.17. The van der Waals surface area contributed by atoms with Gasteiger partial charge in [0, 0.05) is 29.2 Å². The van der Waals surface area contributed by atoms with Gasteiger partial charge in [0.2, 0.25) is 0 Å². The molecular formula is C15H25N3S. The Morgan fingerprint density at radius 1 is 1.37 bits per heavy atom. The van der Waals surface area contributed by atoms with Crippen LogP contribution in [0.5, 0.6) is 0 Å². The fourth-order valence-corrected chi connectivity index (χ4v) is 4.60. The van der Waals surface area contributed by atoms with Crippen LogP contribution in [0.15, 0.2) is 5.38 Å². The Labute approximate surface area is 120 Å². The summed E-state index contributed by atoms with van der Waals surface area (Å²) in [6, 6.07) is 2.30. The summed E-state index contributed by atoms with van der Waals surface area (Å²) in [6.07, 6.45) is 6.83. The second-order valence-corrected chi connectivity index (χ2v) is 6.96. The van der Waals surface area contributed by atoms with E-state index in [0.29, 0.717) is 0 Å². The summed E-state index contributed by atoms with van der Waals surface area (Å²) < 4.78 is 0. The Hall–Kier alpha value is -0.450. The first-order valence-electron chi connectivity index (χ1n) is 7.66. The molecule has 3 heterocycles. The lowest BCUT2D eigenvalue weighted by Crippen LogP contribution is -2.55. The molecule has 19 heavy (non-hydrogen) atoms. The van der Waals surface area contributed by atoms with Crippen LogP contribution < -0.4 is 5.32 Å². The largest absolute Gasteiger partial charge is 0.314 e. The van der Waals surface area contributed by atoms with Gasteiger partial charge in [0.15, 0.2) is 0 Å². The van der Waals surface area contributed by atoms with Gasteiger partial charge in [-0.2, -0.15) is 0 Å². The number of piperidine rings is 2. The molecule has 1 aromatic rings. The summed E-state index contributed by atoms with van der Waals surface area (Å²) in [7, 11) is 0. The van der Waals surface area contributed by atoms with Crippen molar-refractivity contribution in [2.24, 2.45) is 0 Å². The molecule has 0 aliphatic carbocycles.